The molecule has 26 heteroatoms. The van der Waals surface area contributed by atoms with E-state index in [0.717, 1.165) is 16.9 Å². The van der Waals surface area contributed by atoms with Crippen LogP contribution >= 0.6 is 36.7 Å². The second kappa shape index (κ2) is 22.1. The highest BCUT2D eigenvalue weighted by Gasteiger charge is 2.49. The molecule has 5 saturated heterocycles. The summed E-state index contributed by atoms with van der Waals surface area (Å²) in [6.45, 7) is 3.81. The molecule has 3 aromatic heterocycles. The molecule has 0 radical (unpaired) electrons. The monoisotopic (exact) mass is 974 g/mol. The Morgan fingerprint density at radius 1 is 0.708 bits per heavy atom. The van der Waals surface area contributed by atoms with Gasteiger partial charge in [-0.05, 0) is 61.6 Å². The van der Waals surface area contributed by atoms with Gasteiger partial charge in [0.15, 0.2) is 46.7 Å². The normalized spacial score (nSPS) is 31.1. The Kier molecular flexibility index (Phi) is 16.6. The lowest BCUT2D eigenvalue weighted by Gasteiger charge is -2.22. The summed E-state index contributed by atoms with van der Waals surface area (Å²) in [6, 6.07) is 9.94. The zero-order valence-electron chi connectivity index (χ0n) is 34.5. The molecular weight excluding hydrogens is 930 g/mol. The van der Waals surface area contributed by atoms with Gasteiger partial charge >= 0.3 is 0 Å². The van der Waals surface area contributed by atoms with Gasteiger partial charge in [-0.25, -0.2) is 13.2 Å². The molecule has 4 N–H and O–H groups in total. The van der Waals surface area contributed by atoms with E-state index in [1.807, 2.05) is 32.0 Å². The minimum atomic E-state index is -1.72. The summed E-state index contributed by atoms with van der Waals surface area (Å²) < 4.78 is 101. The van der Waals surface area contributed by atoms with Gasteiger partial charge in [0.25, 0.3) is 11.1 Å². The molecule has 0 amide bonds. The van der Waals surface area contributed by atoms with Crippen molar-refractivity contribution in [3.05, 3.63) is 101 Å². The molecule has 5 fully saturated rings. The summed E-state index contributed by atoms with van der Waals surface area (Å²) >= 11 is 15.2. The first-order chi connectivity index (χ1) is 31.2. The number of nitrogens with one attached hydrogen (secondary N) is 2. The molecule has 0 bridgehead atoms. The van der Waals surface area contributed by atoms with Gasteiger partial charge in [0, 0.05) is 36.8 Å². The number of benzene rings is 1. The molecule has 12 atom stereocenters. The van der Waals surface area contributed by atoms with Gasteiger partial charge in [-0.3, -0.25) is 33.3 Å². The molecule has 20 nitrogen and oxygen atoms in total. The van der Waals surface area contributed by atoms with Gasteiger partial charge in [0.05, 0.1) is 19.8 Å². The van der Waals surface area contributed by atoms with Crippen LogP contribution in [-0.4, -0.2) is 141 Å². The van der Waals surface area contributed by atoms with E-state index in [9.17, 15) is 27.9 Å². The van der Waals surface area contributed by atoms with Gasteiger partial charge in [0.2, 0.25) is 10.7 Å². The third kappa shape index (κ3) is 11.4. The Hall–Kier alpha value is -4.13. The maximum absolute atomic E-state index is 15.0. The van der Waals surface area contributed by atoms with Crippen molar-refractivity contribution in [1.82, 2.24) is 28.7 Å². The molecule has 1 aromatic carbocycles. The summed E-state index contributed by atoms with van der Waals surface area (Å²) in [7, 11) is 0. The molecule has 0 spiro atoms. The molecule has 5 aliphatic heterocycles. The molecule has 65 heavy (non-hydrogen) atoms. The predicted octanol–water partition coefficient (Wildman–Crippen LogP) is 3.59. The van der Waals surface area contributed by atoms with E-state index < -0.39 is 86.0 Å². The number of para-hydroxylation sites is 1. The number of aromatic nitrogens is 6. The van der Waals surface area contributed by atoms with Crippen LogP contribution in [0.15, 0.2) is 64.6 Å². The fourth-order valence-electron chi connectivity index (χ4n) is 7.32. The fraction of sp³-hybridized carbons (Fsp3) is 0.538. The van der Waals surface area contributed by atoms with E-state index in [2.05, 4.69) is 15.0 Å². The van der Waals surface area contributed by atoms with Crippen molar-refractivity contribution < 1.29 is 70.8 Å². The Bertz CT molecular complexity index is 2530. The molecule has 9 rings (SSSR count). The van der Waals surface area contributed by atoms with Crippen LogP contribution in [0.3, 0.4) is 0 Å². The maximum atomic E-state index is 15.0. The molecule has 4 aromatic rings. The highest BCUT2D eigenvalue weighted by Crippen LogP contribution is 2.37. The minimum Gasteiger partial charge on any atom is -0.438 e. The molecule has 0 aliphatic carbocycles. The number of hydrogen-bond donors (Lipinski definition) is 4. The second-order valence-electron chi connectivity index (χ2n) is 14.9. The number of rotatable bonds is 6. The summed E-state index contributed by atoms with van der Waals surface area (Å²) in [4.78, 5) is 31.1. The second-order valence-corrected chi connectivity index (χ2v) is 16.0. The number of halogens is 3. The topological polar surface area (TPSA) is 226 Å². The van der Waals surface area contributed by atoms with E-state index in [0.29, 0.717) is 5.88 Å². The van der Waals surface area contributed by atoms with Crippen LogP contribution < -0.4 is 15.9 Å². The highest BCUT2D eigenvalue weighted by atomic mass is 32.1. The first-order valence-electron chi connectivity index (χ1n) is 19.9. The van der Waals surface area contributed by atoms with Crippen LogP contribution in [0.25, 0.3) is 0 Å². The van der Waals surface area contributed by atoms with Crippen molar-refractivity contribution in [3.8, 4) is 11.6 Å². The SMILES string of the molecule is Cc1cccc(C)c1Oc1ccn([C@@H]2O[C@@H]3COCOCOC3[C@@H]2F)c(=S)n1.O=c1ccn([C@@H]2O[C@@H]3COCOCOC3[C@@H]2F)c(=S)[nH]1.O=c1ccn([C@@H]2O[C@H](CO)C(O)[C@@H]2F)c(=S)[nH]1. The third-order valence-corrected chi connectivity index (χ3v) is 11.5. The molecular formula is C39H45F3N6O14S3. The zero-order valence-corrected chi connectivity index (χ0v) is 37.0. The number of aliphatic hydroxyl groups excluding tert-OH is 2. The lowest BCUT2D eigenvalue weighted by Crippen LogP contribution is -2.37. The average Bonchev–Trinajstić information content (AvgIpc) is 3.83. The molecule has 354 valence electrons. The first-order valence-corrected chi connectivity index (χ1v) is 21.2. The van der Waals surface area contributed by atoms with Crippen molar-refractivity contribution >= 4 is 36.7 Å². The van der Waals surface area contributed by atoms with Crippen molar-refractivity contribution in [3.63, 3.8) is 0 Å². The summed E-state index contributed by atoms with van der Waals surface area (Å²) in [5, 5.41) is 18.3. The van der Waals surface area contributed by atoms with Crippen molar-refractivity contribution in [2.75, 3.05) is 47.0 Å². The highest BCUT2D eigenvalue weighted by molar-refractivity contribution is 7.71. The maximum Gasteiger partial charge on any atom is 0.251 e. The van der Waals surface area contributed by atoms with Gasteiger partial charge in [-0.1, -0.05) is 18.2 Å². The molecule has 5 aliphatic rings. The van der Waals surface area contributed by atoms with E-state index in [-0.39, 0.29) is 60.3 Å². The average molecular weight is 975 g/mol. The van der Waals surface area contributed by atoms with E-state index in [4.69, 9.17) is 89.1 Å². The Morgan fingerprint density at radius 2 is 1.20 bits per heavy atom. The van der Waals surface area contributed by atoms with E-state index in [1.165, 1.54) is 38.2 Å². The number of aliphatic hydroxyl groups is 2. The third-order valence-electron chi connectivity index (χ3n) is 10.5. The van der Waals surface area contributed by atoms with Gasteiger partial charge in [0.1, 0.15) is 69.5 Å². The van der Waals surface area contributed by atoms with Gasteiger partial charge in [-0.2, -0.15) is 4.98 Å². The number of aryl methyl sites for hydroxylation is 2. The number of nitrogens with zero attached hydrogens (tertiary/aromatic N) is 4. The minimum absolute atomic E-state index is 0.00376. The van der Waals surface area contributed by atoms with E-state index >= 15 is 0 Å². The Morgan fingerprint density at radius 3 is 1.68 bits per heavy atom. The van der Waals surface area contributed by atoms with Crippen molar-refractivity contribution in [1.29, 1.82) is 0 Å². The lowest BCUT2D eigenvalue weighted by molar-refractivity contribution is -0.203. The van der Waals surface area contributed by atoms with Crippen LogP contribution in [0.4, 0.5) is 13.2 Å². The number of aromatic amines is 2. The summed E-state index contributed by atoms with van der Waals surface area (Å²) in [5.41, 5.74) is 1.23. The Balaban J connectivity index is 0.000000151. The van der Waals surface area contributed by atoms with Gasteiger partial charge < -0.3 is 57.6 Å². The quantitative estimate of drug-likeness (QED) is 0.203. The predicted molar refractivity (Wildman–Crippen MR) is 224 cm³/mol. The number of hydrogen-bond acceptors (Lipinski definition) is 18. The lowest BCUT2D eigenvalue weighted by atomic mass is 10.1. The Labute approximate surface area is 382 Å². The standard InChI is InChI=1S/C19H21FN2O5S.C11H13FN2O5S.C9H11FN2O4S/c1-11-4-3-5-12(2)16(11)27-14-6-7-22(19(28)21-14)18-15(20)17-13(26-18)8-23-9-24-10-25-17;12-8-9-6(3-16-4-17-5-18-9)19-10(8)14-2-1-7(15)13-11(14)20;10-6-7(15)4(3-13)16-8(6)12-2-1-5(14)11-9(12)17/h3-7,13,15,17-18H,8-10H2,1-2H3;1-2,6,8-10H,3-5H2,(H,13,15,20);1-2,4,6-8,13,15H,3H2,(H,11,14,17)/t13-,15+,17?,18-;6-,8+,9?,10-;4-,6+,7?,8-/m111/s1. The summed E-state index contributed by atoms with van der Waals surface area (Å²) in [5.74, 6) is 1.07. The van der Waals surface area contributed by atoms with Crippen molar-refractivity contribution in [2.45, 2.75) is 87.7 Å². The van der Waals surface area contributed by atoms with Gasteiger partial charge in [-0.15, -0.1) is 0 Å². The molecule has 3 unspecified atom stereocenters. The zero-order chi connectivity index (χ0) is 46.4. The van der Waals surface area contributed by atoms with Crippen LogP contribution in [0.1, 0.15) is 29.8 Å². The molecule has 0 saturated carbocycles. The van der Waals surface area contributed by atoms with Crippen LogP contribution in [0, 0.1) is 28.2 Å². The van der Waals surface area contributed by atoms with Crippen molar-refractivity contribution in [2.24, 2.45) is 0 Å². The number of alkyl halides is 3. The first kappa shape index (κ1) is 48.8. The van der Waals surface area contributed by atoms with E-state index in [1.54, 1.807) is 12.3 Å². The number of fused-ring (bicyclic) bond motifs is 2. The largest absolute Gasteiger partial charge is 0.438 e. The number of H-pyrrole nitrogens is 2. The fourth-order valence-corrected chi connectivity index (χ4v) is 8.10. The van der Waals surface area contributed by atoms with Crippen LogP contribution in [0.2, 0.25) is 0 Å². The summed E-state index contributed by atoms with van der Waals surface area (Å²) in [6.07, 6.45) is -8.46. The van der Waals surface area contributed by atoms with Crippen LogP contribution in [-0.2, 0) is 42.6 Å². The smallest absolute Gasteiger partial charge is 0.251 e. The molecule has 8 heterocycles. The number of ether oxygens (including phenoxy) is 10. The van der Waals surface area contributed by atoms with Crippen LogP contribution in [0.5, 0.6) is 11.6 Å².